The van der Waals surface area contributed by atoms with Crippen LogP contribution in [0.25, 0.3) is 0 Å². The topological polar surface area (TPSA) is 58.5 Å². The molecule has 0 aliphatic heterocycles. The lowest BCUT2D eigenvalue weighted by atomic mass is 10.1. The van der Waals surface area contributed by atoms with Gasteiger partial charge in [0.15, 0.2) is 5.96 Å². The summed E-state index contributed by atoms with van der Waals surface area (Å²) < 4.78 is 5.19. The molecule has 0 radical (unpaired) electrons. The summed E-state index contributed by atoms with van der Waals surface area (Å²) in [6.45, 7) is 9.18. The van der Waals surface area contributed by atoms with Gasteiger partial charge in [0.1, 0.15) is 0 Å². The van der Waals surface area contributed by atoms with Gasteiger partial charge in [0.2, 0.25) is 0 Å². The predicted octanol–water partition coefficient (Wildman–Crippen LogP) is 3.20. The fourth-order valence-electron chi connectivity index (χ4n) is 2.43. The maximum atomic E-state index is 5.19. The Morgan fingerprint density at radius 3 is 2.72 bits per heavy atom. The predicted molar refractivity (Wildman–Crippen MR) is 105 cm³/mol. The molecule has 2 aromatic rings. The highest BCUT2D eigenvalue weighted by molar-refractivity contribution is 7.11. The minimum Gasteiger partial charge on any atom is -0.380 e. The van der Waals surface area contributed by atoms with Crippen molar-refractivity contribution in [3.63, 3.8) is 0 Å². The van der Waals surface area contributed by atoms with E-state index in [9.17, 15) is 0 Å². The number of aryl methyl sites for hydroxylation is 2. The van der Waals surface area contributed by atoms with Crippen molar-refractivity contribution in [1.82, 2.24) is 15.6 Å². The molecule has 0 aliphatic carbocycles. The van der Waals surface area contributed by atoms with Crippen LogP contribution in [-0.4, -0.2) is 31.1 Å². The van der Waals surface area contributed by atoms with Gasteiger partial charge in [-0.2, -0.15) is 0 Å². The van der Waals surface area contributed by atoms with E-state index in [4.69, 9.17) is 4.74 Å². The second-order valence-electron chi connectivity index (χ2n) is 5.87. The van der Waals surface area contributed by atoms with Gasteiger partial charge >= 0.3 is 0 Å². The van der Waals surface area contributed by atoms with E-state index in [0.29, 0.717) is 13.2 Å². The van der Waals surface area contributed by atoms with Crippen LogP contribution in [0.2, 0.25) is 0 Å². The molecule has 0 fully saturated rings. The maximum absolute atomic E-state index is 5.19. The van der Waals surface area contributed by atoms with Gasteiger partial charge in [0.25, 0.3) is 0 Å². The molecule has 1 heterocycles. The number of ether oxygens (including phenoxy) is 1. The second kappa shape index (κ2) is 10.2. The number of hydrogen-bond acceptors (Lipinski definition) is 4. The fraction of sp³-hybridized carbons (Fsp3) is 0.474. The number of nitrogens with zero attached hydrogens (tertiary/aromatic N) is 2. The molecule has 136 valence electrons. The van der Waals surface area contributed by atoms with Crippen LogP contribution in [-0.2, 0) is 24.3 Å². The van der Waals surface area contributed by atoms with Crippen LogP contribution in [0, 0.1) is 13.8 Å². The van der Waals surface area contributed by atoms with Crippen molar-refractivity contribution in [3.8, 4) is 0 Å². The smallest absolute Gasteiger partial charge is 0.191 e. The van der Waals surface area contributed by atoms with Gasteiger partial charge in [-0.15, -0.1) is 11.3 Å². The quantitative estimate of drug-likeness (QED) is 0.561. The molecule has 5 nitrogen and oxygen atoms in total. The minimum atomic E-state index is 0.627. The summed E-state index contributed by atoms with van der Waals surface area (Å²) in [6.07, 6.45) is 0.910. The molecule has 0 aliphatic rings. The largest absolute Gasteiger partial charge is 0.380 e. The van der Waals surface area contributed by atoms with Crippen LogP contribution < -0.4 is 10.6 Å². The molecule has 25 heavy (non-hydrogen) atoms. The highest BCUT2D eigenvalue weighted by atomic mass is 32.1. The van der Waals surface area contributed by atoms with Crippen molar-refractivity contribution in [2.24, 2.45) is 4.99 Å². The Hall–Kier alpha value is -1.92. The molecule has 0 saturated carbocycles. The molecule has 0 spiro atoms. The highest BCUT2D eigenvalue weighted by Gasteiger charge is 2.04. The lowest BCUT2D eigenvalue weighted by Crippen LogP contribution is -2.38. The van der Waals surface area contributed by atoms with Crippen molar-refractivity contribution < 1.29 is 4.74 Å². The number of aliphatic imine (C=N–C) groups is 1. The van der Waals surface area contributed by atoms with Crippen molar-refractivity contribution in [2.75, 3.05) is 20.2 Å². The third kappa shape index (κ3) is 6.48. The van der Waals surface area contributed by atoms with Gasteiger partial charge in [0.05, 0.1) is 23.9 Å². The summed E-state index contributed by atoms with van der Waals surface area (Å²) in [5, 5.41) is 7.85. The SMILES string of the molecule is CCNC(=NCc1cccc(COC)c1)NCCc1nc(C)c(C)s1. The van der Waals surface area contributed by atoms with E-state index in [0.717, 1.165) is 31.2 Å². The summed E-state index contributed by atoms with van der Waals surface area (Å²) in [5.74, 6) is 0.838. The van der Waals surface area contributed by atoms with E-state index in [1.54, 1.807) is 18.4 Å². The molecular formula is C19H28N4OS. The van der Waals surface area contributed by atoms with Gasteiger partial charge in [-0.1, -0.05) is 24.3 Å². The number of aromatic nitrogens is 1. The zero-order chi connectivity index (χ0) is 18.1. The lowest BCUT2D eigenvalue weighted by Gasteiger charge is -2.11. The van der Waals surface area contributed by atoms with Gasteiger partial charge in [-0.25, -0.2) is 9.98 Å². The Bertz CT molecular complexity index is 677. The van der Waals surface area contributed by atoms with Crippen LogP contribution in [0.4, 0.5) is 0 Å². The summed E-state index contributed by atoms with van der Waals surface area (Å²) in [5.41, 5.74) is 3.48. The second-order valence-corrected chi connectivity index (χ2v) is 7.16. The monoisotopic (exact) mass is 360 g/mol. The first-order valence-electron chi connectivity index (χ1n) is 8.64. The van der Waals surface area contributed by atoms with Gasteiger partial charge in [-0.05, 0) is 31.9 Å². The number of rotatable bonds is 8. The molecule has 0 amide bonds. The fourth-order valence-corrected chi connectivity index (χ4v) is 3.36. The molecule has 0 saturated heterocycles. The van der Waals surface area contributed by atoms with E-state index >= 15 is 0 Å². The van der Waals surface area contributed by atoms with E-state index in [1.807, 2.05) is 6.07 Å². The van der Waals surface area contributed by atoms with Crippen LogP contribution in [0.1, 0.15) is 33.6 Å². The first-order chi connectivity index (χ1) is 12.1. The highest BCUT2D eigenvalue weighted by Crippen LogP contribution is 2.16. The molecule has 1 aromatic carbocycles. The molecule has 0 unspecified atom stereocenters. The van der Waals surface area contributed by atoms with Gasteiger partial charge < -0.3 is 15.4 Å². The normalized spacial score (nSPS) is 11.6. The Balaban J connectivity index is 1.90. The average Bonchev–Trinajstić information content (AvgIpc) is 2.91. The Morgan fingerprint density at radius 2 is 2.04 bits per heavy atom. The van der Waals surface area contributed by atoms with Gasteiger partial charge in [-0.3, -0.25) is 0 Å². The third-order valence-electron chi connectivity index (χ3n) is 3.77. The molecule has 1 aromatic heterocycles. The molecule has 2 rings (SSSR count). The summed E-state index contributed by atoms with van der Waals surface area (Å²) in [6, 6.07) is 8.34. The molecule has 2 N–H and O–H groups in total. The Kier molecular flexibility index (Phi) is 7.88. The Morgan fingerprint density at radius 1 is 1.24 bits per heavy atom. The van der Waals surface area contributed by atoms with E-state index < -0.39 is 0 Å². The third-order valence-corrected chi connectivity index (χ3v) is 4.90. The maximum Gasteiger partial charge on any atom is 0.191 e. The number of thiazole rings is 1. The van der Waals surface area contributed by atoms with Crippen LogP contribution in [0.5, 0.6) is 0 Å². The number of nitrogens with one attached hydrogen (secondary N) is 2. The van der Waals surface area contributed by atoms with Crippen LogP contribution in [0.15, 0.2) is 29.3 Å². The molecule has 6 heteroatoms. The van der Waals surface area contributed by atoms with Crippen molar-refractivity contribution >= 4 is 17.3 Å². The number of guanidine groups is 1. The number of benzene rings is 1. The van der Waals surface area contributed by atoms with E-state index in [2.05, 4.69) is 59.6 Å². The van der Waals surface area contributed by atoms with Crippen LogP contribution in [0.3, 0.4) is 0 Å². The zero-order valence-corrected chi connectivity index (χ0v) is 16.4. The average molecular weight is 361 g/mol. The lowest BCUT2D eigenvalue weighted by molar-refractivity contribution is 0.185. The zero-order valence-electron chi connectivity index (χ0n) is 15.6. The summed E-state index contributed by atoms with van der Waals surface area (Å²) in [4.78, 5) is 10.6. The number of hydrogen-bond donors (Lipinski definition) is 2. The summed E-state index contributed by atoms with van der Waals surface area (Å²) in [7, 11) is 1.71. The first kappa shape index (κ1) is 19.4. The van der Waals surface area contributed by atoms with Gasteiger partial charge in [0, 0.05) is 31.5 Å². The van der Waals surface area contributed by atoms with Crippen molar-refractivity contribution in [3.05, 3.63) is 51.0 Å². The van der Waals surface area contributed by atoms with Crippen LogP contribution >= 0.6 is 11.3 Å². The molecule has 0 bridgehead atoms. The molecule has 0 atom stereocenters. The van der Waals surface area contributed by atoms with Crippen molar-refractivity contribution in [1.29, 1.82) is 0 Å². The summed E-state index contributed by atoms with van der Waals surface area (Å²) >= 11 is 1.77. The Labute approximate surface area is 154 Å². The van der Waals surface area contributed by atoms with E-state index in [-0.39, 0.29) is 0 Å². The minimum absolute atomic E-state index is 0.627. The van der Waals surface area contributed by atoms with E-state index in [1.165, 1.54) is 21.0 Å². The standard InChI is InChI=1S/C19H28N4OS/c1-5-20-19(21-10-9-18-23-14(2)15(3)25-18)22-12-16-7-6-8-17(11-16)13-24-4/h6-8,11H,5,9-10,12-13H2,1-4H3,(H2,20,21,22). The molecular weight excluding hydrogens is 332 g/mol. The van der Waals surface area contributed by atoms with Crippen molar-refractivity contribution in [2.45, 2.75) is 40.3 Å². The number of methoxy groups -OCH3 is 1. The first-order valence-corrected chi connectivity index (χ1v) is 9.45.